The van der Waals surface area contributed by atoms with Crippen LogP contribution in [0.15, 0.2) is 54.6 Å². The minimum Gasteiger partial charge on any atom is -0.345 e. The number of hydrogen-bond acceptors (Lipinski definition) is 1. The number of amides is 1. The summed E-state index contributed by atoms with van der Waals surface area (Å²) >= 11 is 5.90. The topological polar surface area (TPSA) is 45.7 Å². The van der Waals surface area contributed by atoms with Crippen LogP contribution in [0.3, 0.4) is 0 Å². The highest BCUT2D eigenvalue weighted by Gasteiger charge is 2.20. The molecule has 0 bridgehead atoms. The Morgan fingerprint density at radius 2 is 1.62 bits per heavy atom. The van der Waals surface area contributed by atoms with Gasteiger partial charge in [0.25, 0.3) is 5.91 Å². The number of carbonyl (C=O) groups is 1. The first-order valence-electron chi connectivity index (χ1n) is 8.40. The fraction of sp³-hybridized carbons (Fsp3) is 0.350. The van der Waals surface area contributed by atoms with Crippen LogP contribution >= 0.6 is 11.6 Å². The lowest BCUT2D eigenvalue weighted by atomic mass is 9.96. The van der Waals surface area contributed by atoms with Crippen molar-refractivity contribution in [2.24, 2.45) is 5.92 Å². The van der Waals surface area contributed by atoms with Crippen LogP contribution in [0.2, 0.25) is 5.02 Å². The first kappa shape index (κ1) is 18.5. The number of nitrogens with two attached hydrogens (primary N) is 1. The van der Waals surface area contributed by atoms with Crippen LogP contribution < -0.4 is 10.6 Å². The van der Waals surface area contributed by atoms with Crippen LogP contribution in [0.1, 0.15) is 44.0 Å². The zero-order valence-electron chi connectivity index (χ0n) is 14.5. The summed E-state index contributed by atoms with van der Waals surface area (Å²) in [6.07, 6.45) is 0. The van der Waals surface area contributed by atoms with Crippen molar-refractivity contribution in [1.29, 1.82) is 0 Å². The van der Waals surface area contributed by atoms with Gasteiger partial charge in [-0.2, -0.15) is 0 Å². The number of quaternary nitrogens is 1. The Morgan fingerprint density at radius 3 is 2.21 bits per heavy atom. The number of carbonyl (C=O) groups excluding carboxylic acids is 1. The quantitative estimate of drug-likeness (QED) is 0.793. The smallest absolute Gasteiger partial charge is 0.275 e. The van der Waals surface area contributed by atoms with E-state index in [4.69, 9.17) is 11.6 Å². The summed E-state index contributed by atoms with van der Waals surface area (Å²) in [5.41, 5.74) is 2.31. The molecule has 3 nitrogen and oxygen atoms in total. The average Bonchev–Trinajstić information content (AvgIpc) is 2.56. The molecule has 0 fully saturated rings. The van der Waals surface area contributed by atoms with Crippen LogP contribution in [-0.2, 0) is 4.79 Å². The van der Waals surface area contributed by atoms with Crippen LogP contribution in [0.4, 0.5) is 0 Å². The van der Waals surface area contributed by atoms with E-state index < -0.39 is 0 Å². The molecule has 0 heterocycles. The van der Waals surface area contributed by atoms with Gasteiger partial charge in [-0.15, -0.1) is 0 Å². The number of hydrogen-bond donors (Lipinski definition) is 2. The second kappa shape index (κ2) is 8.86. The first-order valence-corrected chi connectivity index (χ1v) is 8.78. The van der Waals surface area contributed by atoms with E-state index in [0.29, 0.717) is 17.5 Å². The molecule has 0 saturated carbocycles. The molecule has 0 unspecified atom stereocenters. The largest absolute Gasteiger partial charge is 0.345 e. The maximum absolute atomic E-state index is 12.3. The fourth-order valence-electron chi connectivity index (χ4n) is 2.84. The van der Waals surface area contributed by atoms with E-state index in [1.165, 1.54) is 5.56 Å². The van der Waals surface area contributed by atoms with E-state index in [0.717, 1.165) is 5.56 Å². The van der Waals surface area contributed by atoms with Gasteiger partial charge in [-0.05, 0) is 24.6 Å². The van der Waals surface area contributed by atoms with E-state index in [9.17, 15) is 4.79 Å². The van der Waals surface area contributed by atoms with Gasteiger partial charge in [-0.3, -0.25) is 4.79 Å². The maximum atomic E-state index is 12.3. The van der Waals surface area contributed by atoms with E-state index in [1.807, 2.05) is 49.4 Å². The molecule has 2 aromatic rings. The molecule has 128 valence electrons. The van der Waals surface area contributed by atoms with Gasteiger partial charge in [-0.25, -0.2) is 0 Å². The standard InChI is InChI=1S/C20H25ClN2O/c1-14(2)20(17-7-5-4-6-8-17)22-13-19(24)23-15(3)16-9-11-18(21)12-10-16/h4-12,14-15,20,22H,13H2,1-3H3,(H,23,24)/p+1/t15-,20+/m0/s1. The summed E-state index contributed by atoms with van der Waals surface area (Å²) in [4.78, 5) is 12.3. The maximum Gasteiger partial charge on any atom is 0.275 e. The Hall–Kier alpha value is -1.84. The number of nitrogens with one attached hydrogen (secondary N) is 1. The van der Waals surface area contributed by atoms with Crippen LogP contribution in [0, 0.1) is 5.92 Å². The Balaban J connectivity index is 1.90. The van der Waals surface area contributed by atoms with Crippen molar-refractivity contribution in [3.63, 3.8) is 0 Å². The molecule has 2 aromatic carbocycles. The third-order valence-electron chi connectivity index (χ3n) is 4.21. The van der Waals surface area contributed by atoms with Gasteiger partial charge >= 0.3 is 0 Å². The monoisotopic (exact) mass is 345 g/mol. The first-order chi connectivity index (χ1) is 11.5. The van der Waals surface area contributed by atoms with E-state index >= 15 is 0 Å². The summed E-state index contributed by atoms with van der Waals surface area (Å²) in [6.45, 7) is 6.76. The van der Waals surface area contributed by atoms with Crippen LogP contribution in [0.5, 0.6) is 0 Å². The second-order valence-corrected chi connectivity index (χ2v) is 6.90. The lowest BCUT2D eigenvalue weighted by Crippen LogP contribution is -2.88. The van der Waals surface area contributed by atoms with Crippen molar-refractivity contribution < 1.29 is 10.1 Å². The summed E-state index contributed by atoms with van der Waals surface area (Å²) < 4.78 is 0. The third-order valence-corrected chi connectivity index (χ3v) is 4.46. The summed E-state index contributed by atoms with van der Waals surface area (Å²) in [5, 5.41) is 5.87. The molecule has 0 aliphatic rings. The van der Waals surface area contributed by atoms with E-state index in [-0.39, 0.29) is 18.0 Å². The molecule has 1 amide bonds. The van der Waals surface area contributed by atoms with Crippen molar-refractivity contribution in [2.75, 3.05) is 6.54 Å². The highest BCUT2D eigenvalue weighted by Crippen LogP contribution is 2.17. The SMILES string of the molecule is CC(C)[C@@H]([NH2+]CC(=O)N[C@@H](C)c1ccc(Cl)cc1)c1ccccc1. The van der Waals surface area contributed by atoms with Gasteiger partial charge in [0.1, 0.15) is 6.04 Å². The Morgan fingerprint density at radius 1 is 1.00 bits per heavy atom. The van der Waals surface area contributed by atoms with Gasteiger partial charge in [0.05, 0.1) is 6.04 Å². The van der Waals surface area contributed by atoms with Crippen molar-refractivity contribution in [3.8, 4) is 0 Å². The minimum atomic E-state index is -0.0302. The summed E-state index contributed by atoms with van der Waals surface area (Å²) in [7, 11) is 0. The highest BCUT2D eigenvalue weighted by molar-refractivity contribution is 6.30. The molecule has 0 saturated heterocycles. The van der Waals surface area contributed by atoms with Gasteiger partial charge in [0, 0.05) is 16.5 Å². The van der Waals surface area contributed by atoms with Crippen molar-refractivity contribution >= 4 is 17.5 Å². The lowest BCUT2D eigenvalue weighted by Gasteiger charge is -2.20. The van der Waals surface area contributed by atoms with Crippen LogP contribution in [-0.4, -0.2) is 12.5 Å². The van der Waals surface area contributed by atoms with Crippen molar-refractivity contribution in [3.05, 3.63) is 70.7 Å². The minimum absolute atomic E-state index is 0.0302. The summed E-state index contributed by atoms with van der Waals surface area (Å²) in [6, 6.07) is 18.2. The Kier molecular flexibility index (Phi) is 6.83. The predicted molar refractivity (Wildman–Crippen MR) is 98.8 cm³/mol. The average molecular weight is 346 g/mol. The van der Waals surface area contributed by atoms with Gasteiger partial charge in [-0.1, -0.05) is 67.9 Å². The Bertz CT molecular complexity index is 640. The molecular formula is C20H26ClN2O+. The molecule has 4 heteroatoms. The molecule has 0 aromatic heterocycles. The molecule has 0 aliphatic heterocycles. The molecule has 2 rings (SSSR count). The highest BCUT2D eigenvalue weighted by atomic mass is 35.5. The van der Waals surface area contributed by atoms with Gasteiger partial charge in [0.15, 0.2) is 6.54 Å². The fourth-order valence-corrected chi connectivity index (χ4v) is 2.96. The number of rotatable bonds is 7. The van der Waals surface area contributed by atoms with E-state index in [1.54, 1.807) is 0 Å². The second-order valence-electron chi connectivity index (χ2n) is 6.46. The van der Waals surface area contributed by atoms with Crippen LogP contribution in [0.25, 0.3) is 0 Å². The summed E-state index contributed by atoms with van der Waals surface area (Å²) in [5.74, 6) is 0.493. The molecule has 0 aliphatic carbocycles. The molecule has 2 atom stereocenters. The zero-order chi connectivity index (χ0) is 17.5. The molecule has 0 radical (unpaired) electrons. The third kappa shape index (κ3) is 5.36. The van der Waals surface area contributed by atoms with Crippen molar-refractivity contribution in [1.82, 2.24) is 5.32 Å². The Labute approximate surface area is 149 Å². The van der Waals surface area contributed by atoms with Gasteiger partial charge < -0.3 is 10.6 Å². The lowest BCUT2D eigenvalue weighted by molar-refractivity contribution is -0.692. The molecule has 0 spiro atoms. The number of halogens is 1. The van der Waals surface area contributed by atoms with Crippen molar-refractivity contribution in [2.45, 2.75) is 32.9 Å². The van der Waals surface area contributed by atoms with Gasteiger partial charge in [0.2, 0.25) is 0 Å². The number of benzene rings is 2. The normalized spacial score (nSPS) is 13.5. The van der Waals surface area contributed by atoms with E-state index in [2.05, 4.69) is 36.6 Å². The molecule has 24 heavy (non-hydrogen) atoms. The molecule has 3 N–H and O–H groups in total. The predicted octanol–water partition coefficient (Wildman–Crippen LogP) is 3.48. The molecular weight excluding hydrogens is 320 g/mol. The zero-order valence-corrected chi connectivity index (χ0v) is 15.3.